The van der Waals surface area contributed by atoms with Crippen LogP contribution in [0, 0.1) is 5.92 Å². The Labute approximate surface area is 140 Å². The van der Waals surface area contributed by atoms with Crippen molar-refractivity contribution in [2.24, 2.45) is 5.92 Å². The molecule has 2 atom stereocenters. The van der Waals surface area contributed by atoms with E-state index in [0.29, 0.717) is 18.0 Å². The second-order valence-corrected chi connectivity index (χ2v) is 7.79. The average molecular weight is 313 g/mol. The predicted octanol–water partition coefficient (Wildman–Crippen LogP) is 3.69. The Morgan fingerprint density at radius 1 is 1.26 bits per heavy atom. The maximum absolute atomic E-state index is 12.5. The van der Waals surface area contributed by atoms with Gasteiger partial charge in [-0.05, 0) is 30.0 Å². The van der Waals surface area contributed by atoms with Crippen LogP contribution in [0.25, 0.3) is 0 Å². The molecule has 1 aliphatic rings. The maximum atomic E-state index is 12.5. The Kier molecular flexibility index (Phi) is 5.33. The van der Waals surface area contributed by atoms with Crippen molar-refractivity contribution in [2.75, 3.05) is 4.90 Å². The molecule has 1 aromatic rings. The van der Waals surface area contributed by atoms with Crippen LogP contribution in [0.4, 0.5) is 5.69 Å². The number of rotatable bonds is 6. The number of benzene rings is 1. The molecule has 0 aliphatic carbocycles. The number of imide groups is 1. The highest BCUT2D eigenvalue weighted by atomic mass is 16.2. The predicted molar refractivity (Wildman–Crippen MR) is 97.6 cm³/mol. The minimum absolute atomic E-state index is 0.0277. The van der Waals surface area contributed by atoms with Gasteiger partial charge in [0, 0.05) is 12.3 Å². The van der Waals surface area contributed by atoms with Gasteiger partial charge < -0.3 is 0 Å². The highest BCUT2D eigenvalue weighted by Gasteiger charge is 2.38. The lowest BCUT2D eigenvalue weighted by Crippen LogP contribution is -2.30. The number of carbonyl (C=O) groups excluding carboxylic acids is 2. The lowest BCUT2D eigenvalue weighted by atomic mass is 9.62. The van der Waals surface area contributed by atoms with E-state index in [1.807, 2.05) is 24.3 Å². The number of unbranched alkanes of at least 4 members (excludes halogenated alkanes) is 1. The van der Waals surface area contributed by atoms with Crippen LogP contribution < -0.4 is 4.90 Å². The molecule has 0 radical (unpaired) electrons. The molecule has 0 bridgehead atoms. The Morgan fingerprint density at radius 2 is 1.87 bits per heavy atom. The van der Waals surface area contributed by atoms with Gasteiger partial charge in [-0.2, -0.15) is 0 Å². The van der Waals surface area contributed by atoms with E-state index in [4.69, 9.17) is 0 Å². The smallest absolute Gasteiger partial charge is 0.237 e. The third kappa shape index (κ3) is 3.85. The van der Waals surface area contributed by atoms with Crippen LogP contribution >= 0.6 is 0 Å². The summed E-state index contributed by atoms with van der Waals surface area (Å²) in [6.45, 7) is 8.75. The normalized spacial score (nSPS) is 20.2. The summed E-state index contributed by atoms with van der Waals surface area (Å²) in [6.07, 6.45) is 3.23. The molecule has 0 N–H and O–H groups in total. The van der Waals surface area contributed by atoms with Crippen molar-refractivity contribution in [3.8, 4) is 0 Å². The lowest BCUT2D eigenvalue weighted by Gasteiger charge is -2.28. The van der Waals surface area contributed by atoms with Gasteiger partial charge in [0.15, 0.2) is 0 Å². The van der Waals surface area contributed by atoms with E-state index in [0.717, 1.165) is 19.3 Å². The monoisotopic (exact) mass is 313 g/mol. The standard InChI is InChI=1S/C19H28BNO2/c1-5-6-7-15-12-17(22)21(18(15)23)16-10-8-14(9-11-16)13(2)19(3,4)20/h8-11,13,15H,5-7,12,20H2,1-4H3. The number of nitrogens with zero attached hydrogens (tertiary/aromatic N) is 1. The molecule has 1 fully saturated rings. The van der Waals surface area contributed by atoms with Crippen molar-refractivity contribution in [3.63, 3.8) is 0 Å². The van der Waals surface area contributed by atoms with E-state index in [2.05, 4.69) is 35.5 Å². The molecule has 1 aromatic carbocycles. The van der Waals surface area contributed by atoms with E-state index in [1.165, 1.54) is 10.5 Å². The van der Waals surface area contributed by atoms with Crippen LogP contribution in [0.3, 0.4) is 0 Å². The summed E-state index contributed by atoms with van der Waals surface area (Å²) < 4.78 is 0. The van der Waals surface area contributed by atoms with Crippen LogP contribution in [-0.4, -0.2) is 19.7 Å². The average Bonchev–Trinajstić information content (AvgIpc) is 2.78. The van der Waals surface area contributed by atoms with Crippen molar-refractivity contribution in [3.05, 3.63) is 29.8 Å². The van der Waals surface area contributed by atoms with E-state index in [9.17, 15) is 9.59 Å². The Balaban J connectivity index is 2.16. The molecule has 1 saturated heterocycles. The van der Waals surface area contributed by atoms with E-state index >= 15 is 0 Å². The van der Waals surface area contributed by atoms with E-state index < -0.39 is 0 Å². The van der Waals surface area contributed by atoms with Gasteiger partial charge in [0.25, 0.3) is 0 Å². The van der Waals surface area contributed by atoms with Crippen molar-refractivity contribution in [1.29, 1.82) is 0 Å². The van der Waals surface area contributed by atoms with Gasteiger partial charge in [0.1, 0.15) is 7.85 Å². The fraction of sp³-hybridized carbons (Fsp3) is 0.579. The molecule has 2 rings (SSSR count). The zero-order valence-electron chi connectivity index (χ0n) is 15.1. The second-order valence-electron chi connectivity index (χ2n) is 7.79. The van der Waals surface area contributed by atoms with Gasteiger partial charge in [-0.3, -0.25) is 14.5 Å². The molecular weight excluding hydrogens is 285 g/mol. The van der Waals surface area contributed by atoms with Gasteiger partial charge in [-0.1, -0.05) is 58.0 Å². The fourth-order valence-electron chi connectivity index (χ4n) is 3.05. The van der Waals surface area contributed by atoms with Crippen LogP contribution in [-0.2, 0) is 9.59 Å². The lowest BCUT2D eigenvalue weighted by molar-refractivity contribution is -0.122. The molecule has 1 aliphatic heterocycles. The van der Waals surface area contributed by atoms with Crippen molar-refractivity contribution in [2.45, 2.75) is 64.6 Å². The molecule has 1 heterocycles. The highest BCUT2D eigenvalue weighted by Crippen LogP contribution is 2.39. The molecule has 124 valence electrons. The van der Waals surface area contributed by atoms with Crippen LogP contribution in [0.15, 0.2) is 24.3 Å². The molecule has 0 aromatic heterocycles. The summed E-state index contributed by atoms with van der Waals surface area (Å²) in [4.78, 5) is 26.1. The highest BCUT2D eigenvalue weighted by molar-refractivity contribution is 6.20. The topological polar surface area (TPSA) is 37.4 Å². The fourth-order valence-corrected chi connectivity index (χ4v) is 3.05. The number of anilines is 1. The van der Waals surface area contributed by atoms with E-state index in [-0.39, 0.29) is 23.0 Å². The van der Waals surface area contributed by atoms with Gasteiger partial charge in [-0.15, -0.1) is 0 Å². The van der Waals surface area contributed by atoms with Crippen molar-refractivity contribution >= 4 is 25.3 Å². The second kappa shape index (κ2) is 6.90. The zero-order valence-corrected chi connectivity index (χ0v) is 15.1. The van der Waals surface area contributed by atoms with Crippen LogP contribution in [0.5, 0.6) is 0 Å². The summed E-state index contributed by atoms with van der Waals surface area (Å²) in [5, 5.41) is 0.187. The number of carbonyl (C=O) groups is 2. The first-order chi connectivity index (χ1) is 10.8. The molecule has 0 saturated carbocycles. The first-order valence-corrected chi connectivity index (χ1v) is 8.72. The van der Waals surface area contributed by atoms with Gasteiger partial charge in [0.05, 0.1) is 5.69 Å². The third-order valence-corrected chi connectivity index (χ3v) is 5.10. The first kappa shape index (κ1) is 17.8. The van der Waals surface area contributed by atoms with Crippen molar-refractivity contribution in [1.82, 2.24) is 0 Å². The third-order valence-electron chi connectivity index (χ3n) is 5.10. The number of amides is 2. The van der Waals surface area contributed by atoms with E-state index in [1.54, 1.807) is 0 Å². The molecule has 2 amide bonds. The summed E-state index contributed by atoms with van der Waals surface area (Å²) >= 11 is 0. The van der Waals surface area contributed by atoms with Crippen LogP contribution in [0.1, 0.15) is 64.9 Å². The maximum Gasteiger partial charge on any atom is 0.237 e. The summed E-state index contributed by atoms with van der Waals surface area (Å²) in [7, 11) is 2.22. The van der Waals surface area contributed by atoms with Gasteiger partial charge in [0.2, 0.25) is 11.8 Å². The summed E-state index contributed by atoms with van der Waals surface area (Å²) in [6, 6.07) is 7.92. The molecule has 4 heteroatoms. The molecular formula is C19H28BNO2. The summed E-state index contributed by atoms with van der Waals surface area (Å²) in [5.41, 5.74) is 1.95. The van der Waals surface area contributed by atoms with Crippen molar-refractivity contribution < 1.29 is 9.59 Å². The van der Waals surface area contributed by atoms with Gasteiger partial charge in [-0.25, -0.2) is 0 Å². The Bertz CT molecular complexity index is 574. The zero-order chi connectivity index (χ0) is 17.2. The SMILES string of the molecule is BC(C)(C)C(C)c1ccc(N2C(=O)CC(CCCC)C2=O)cc1. The Morgan fingerprint density at radius 3 is 2.39 bits per heavy atom. The van der Waals surface area contributed by atoms with Crippen LogP contribution in [0.2, 0.25) is 5.31 Å². The molecule has 2 unspecified atom stereocenters. The number of hydrogen-bond donors (Lipinski definition) is 0. The Hall–Kier alpha value is -1.58. The summed E-state index contributed by atoms with van der Waals surface area (Å²) in [5.74, 6) is 0.197. The minimum atomic E-state index is -0.129. The molecule has 3 nitrogen and oxygen atoms in total. The largest absolute Gasteiger partial charge is 0.274 e. The molecule has 23 heavy (non-hydrogen) atoms. The minimum Gasteiger partial charge on any atom is -0.274 e. The molecule has 0 spiro atoms. The quantitative estimate of drug-likeness (QED) is 0.593. The number of hydrogen-bond acceptors (Lipinski definition) is 2. The van der Waals surface area contributed by atoms with Gasteiger partial charge >= 0.3 is 0 Å². The first-order valence-electron chi connectivity index (χ1n) is 8.72.